The Morgan fingerprint density at radius 3 is 2.56 bits per heavy atom. The number of amides is 1. The van der Waals surface area contributed by atoms with Gasteiger partial charge in [-0.05, 0) is 29.8 Å². The van der Waals surface area contributed by atoms with Gasteiger partial charge in [0, 0.05) is 37.5 Å². The molecular formula is C21H22F2N2O2. The molecule has 2 aromatic carbocycles. The van der Waals surface area contributed by atoms with Gasteiger partial charge in [0.05, 0.1) is 6.04 Å². The Morgan fingerprint density at radius 1 is 1.15 bits per heavy atom. The molecule has 4 nitrogen and oxygen atoms in total. The highest BCUT2D eigenvalue weighted by atomic mass is 19.1. The van der Waals surface area contributed by atoms with Crippen molar-refractivity contribution in [2.24, 2.45) is 5.92 Å². The summed E-state index contributed by atoms with van der Waals surface area (Å²) in [6.45, 7) is 3.33. The Balaban J connectivity index is 1.72. The zero-order valence-electron chi connectivity index (χ0n) is 15.1. The van der Waals surface area contributed by atoms with Gasteiger partial charge in [0.25, 0.3) is 0 Å². The van der Waals surface area contributed by atoms with E-state index >= 15 is 0 Å². The van der Waals surface area contributed by atoms with Crippen LogP contribution in [0.2, 0.25) is 0 Å². The molecule has 1 aliphatic heterocycles. The van der Waals surface area contributed by atoms with Crippen molar-refractivity contribution in [1.29, 1.82) is 0 Å². The van der Waals surface area contributed by atoms with Gasteiger partial charge in [-0.2, -0.15) is 0 Å². The average Bonchev–Trinajstić information content (AvgIpc) is 2.67. The Bertz CT molecular complexity index is 840. The zero-order valence-corrected chi connectivity index (χ0v) is 15.1. The minimum atomic E-state index is -0.567. The number of carbonyl (C=O) groups excluding carboxylic acids is 2. The van der Waals surface area contributed by atoms with Crippen molar-refractivity contribution in [3.8, 4) is 0 Å². The lowest BCUT2D eigenvalue weighted by atomic mass is 9.94. The monoisotopic (exact) mass is 372 g/mol. The summed E-state index contributed by atoms with van der Waals surface area (Å²) in [5.74, 6) is -1.82. The first-order chi connectivity index (χ1) is 13.0. The fourth-order valence-corrected chi connectivity index (χ4v) is 3.41. The quantitative estimate of drug-likeness (QED) is 0.819. The lowest BCUT2D eigenvalue weighted by molar-refractivity contribution is -0.135. The third kappa shape index (κ3) is 4.57. The summed E-state index contributed by atoms with van der Waals surface area (Å²) in [6.07, 6.45) is 0.0289. The molecule has 1 N–H and O–H groups in total. The number of Topliss-reactive ketones (excluding diaryl/α,β-unsaturated/α-hetero) is 1. The number of piperazine rings is 1. The van der Waals surface area contributed by atoms with Crippen LogP contribution in [-0.2, 0) is 4.79 Å². The molecule has 27 heavy (non-hydrogen) atoms. The van der Waals surface area contributed by atoms with Crippen LogP contribution in [0.25, 0.3) is 0 Å². The summed E-state index contributed by atoms with van der Waals surface area (Å²) in [7, 11) is 0. The van der Waals surface area contributed by atoms with Crippen LogP contribution in [0, 0.1) is 17.6 Å². The van der Waals surface area contributed by atoms with E-state index in [1.54, 1.807) is 30.0 Å². The molecule has 1 aliphatic rings. The Morgan fingerprint density at radius 2 is 1.85 bits per heavy atom. The van der Waals surface area contributed by atoms with Crippen molar-refractivity contribution in [2.75, 3.05) is 19.6 Å². The van der Waals surface area contributed by atoms with Gasteiger partial charge in [-0.25, -0.2) is 8.78 Å². The van der Waals surface area contributed by atoms with Crippen molar-refractivity contribution in [1.82, 2.24) is 10.2 Å². The van der Waals surface area contributed by atoms with Crippen LogP contribution in [0.1, 0.15) is 35.3 Å². The molecule has 0 aromatic heterocycles. The smallest absolute Gasteiger partial charge is 0.223 e. The van der Waals surface area contributed by atoms with Crippen LogP contribution >= 0.6 is 0 Å². The number of hydrogen-bond donors (Lipinski definition) is 1. The SMILES string of the molecule is CC(CC(=O)N1CCNCC1c1cccc(F)c1)C(=O)c1cccc(F)c1. The molecule has 0 aliphatic carbocycles. The van der Waals surface area contributed by atoms with Crippen molar-refractivity contribution < 1.29 is 18.4 Å². The van der Waals surface area contributed by atoms with Crippen molar-refractivity contribution in [3.05, 3.63) is 71.3 Å². The van der Waals surface area contributed by atoms with Crippen molar-refractivity contribution in [2.45, 2.75) is 19.4 Å². The number of ketones is 1. The number of halogens is 2. The maximum atomic E-state index is 13.6. The number of rotatable bonds is 5. The highest BCUT2D eigenvalue weighted by Crippen LogP contribution is 2.25. The van der Waals surface area contributed by atoms with Crippen LogP contribution in [0.5, 0.6) is 0 Å². The minimum absolute atomic E-state index is 0.0289. The average molecular weight is 372 g/mol. The molecule has 2 aromatic rings. The molecule has 0 radical (unpaired) electrons. The molecular weight excluding hydrogens is 350 g/mol. The molecule has 6 heteroatoms. The third-order valence-corrected chi connectivity index (χ3v) is 4.83. The van der Waals surface area contributed by atoms with Crippen molar-refractivity contribution >= 4 is 11.7 Å². The van der Waals surface area contributed by atoms with E-state index < -0.39 is 11.7 Å². The largest absolute Gasteiger partial charge is 0.333 e. The fraction of sp³-hybridized carbons (Fsp3) is 0.333. The zero-order chi connectivity index (χ0) is 19.4. The number of benzene rings is 2. The highest BCUT2D eigenvalue weighted by molar-refractivity contribution is 5.99. The van der Waals surface area contributed by atoms with Gasteiger partial charge in [0.1, 0.15) is 11.6 Å². The summed E-state index contributed by atoms with van der Waals surface area (Å²) in [5.41, 5.74) is 0.983. The van der Waals surface area contributed by atoms with Gasteiger partial charge >= 0.3 is 0 Å². The van der Waals surface area contributed by atoms with Gasteiger partial charge in [0.2, 0.25) is 5.91 Å². The van der Waals surface area contributed by atoms with Gasteiger partial charge in [-0.3, -0.25) is 9.59 Å². The lowest BCUT2D eigenvalue weighted by Gasteiger charge is -2.37. The fourth-order valence-electron chi connectivity index (χ4n) is 3.41. The summed E-state index contributed by atoms with van der Waals surface area (Å²) in [5, 5.41) is 3.22. The number of carbonyl (C=O) groups is 2. The van der Waals surface area contributed by atoms with Crippen LogP contribution in [0.15, 0.2) is 48.5 Å². The predicted molar refractivity (Wildman–Crippen MR) is 98.2 cm³/mol. The summed E-state index contributed by atoms with van der Waals surface area (Å²) >= 11 is 0. The Kier molecular flexibility index (Phi) is 5.96. The second kappa shape index (κ2) is 8.39. The van der Waals surface area contributed by atoms with Crippen molar-refractivity contribution in [3.63, 3.8) is 0 Å². The topological polar surface area (TPSA) is 49.4 Å². The standard InChI is InChI=1S/C21H22F2N2O2/c1-14(21(27)16-5-3-7-18(23)12-16)10-20(26)25-9-8-24-13-19(25)15-4-2-6-17(22)11-15/h2-7,11-12,14,19,24H,8-10,13H2,1H3. The predicted octanol–water partition coefficient (Wildman–Crippen LogP) is 3.35. The van der Waals surface area contributed by atoms with Gasteiger partial charge in [0.15, 0.2) is 5.78 Å². The molecule has 1 fully saturated rings. The van der Waals surface area contributed by atoms with Gasteiger partial charge in [-0.1, -0.05) is 31.2 Å². The molecule has 2 atom stereocenters. The Labute approximate surface area is 157 Å². The van der Waals surface area contributed by atoms with E-state index in [4.69, 9.17) is 0 Å². The van der Waals surface area contributed by atoms with E-state index in [2.05, 4.69) is 5.32 Å². The van der Waals surface area contributed by atoms with Gasteiger partial charge in [-0.15, -0.1) is 0 Å². The molecule has 0 bridgehead atoms. The Hall–Kier alpha value is -2.60. The normalized spacial score (nSPS) is 18.2. The van der Waals surface area contributed by atoms with E-state index in [0.717, 1.165) is 5.56 Å². The summed E-state index contributed by atoms with van der Waals surface area (Å²) < 4.78 is 26.9. The molecule has 1 heterocycles. The van der Waals surface area contributed by atoms with Crippen LogP contribution in [0.4, 0.5) is 8.78 Å². The molecule has 2 unspecified atom stereocenters. The molecule has 142 valence electrons. The van der Waals surface area contributed by atoms with E-state index in [-0.39, 0.29) is 35.5 Å². The maximum Gasteiger partial charge on any atom is 0.223 e. The van der Waals surface area contributed by atoms with E-state index in [1.165, 1.54) is 30.3 Å². The molecule has 0 spiro atoms. The first-order valence-corrected chi connectivity index (χ1v) is 9.01. The molecule has 3 rings (SSSR count). The van der Waals surface area contributed by atoms with E-state index in [9.17, 15) is 18.4 Å². The van der Waals surface area contributed by atoms with Crippen LogP contribution in [0.3, 0.4) is 0 Å². The number of nitrogens with zero attached hydrogens (tertiary/aromatic N) is 1. The molecule has 1 saturated heterocycles. The highest BCUT2D eigenvalue weighted by Gasteiger charge is 2.30. The number of nitrogens with one attached hydrogen (secondary N) is 1. The molecule has 1 amide bonds. The summed E-state index contributed by atoms with van der Waals surface area (Å²) in [6, 6.07) is 11.4. The minimum Gasteiger partial charge on any atom is -0.333 e. The lowest BCUT2D eigenvalue weighted by Crippen LogP contribution is -2.49. The second-order valence-corrected chi connectivity index (χ2v) is 6.84. The maximum absolute atomic E-state index is 13.6. The summed E-state index contributed by atoms with van der Waals surface area (Å²) in [4.78, 5) is 27.1. The first kappa shape index (κ1) is 19.2. The van der Waals surface area contributed by atoms with Crippen LogP contribution < -0.4 is 5.32 Å². The number of hydrogen-bond acceptors (Lipinski definition) is 3. The second-order valence-electron chi connectivity index (χ2n) is 6.84. The van der Waals surface area contributed by atoms with E-state index in [1.807, 2.05) is 0 Å². The van der Waals surface area contributed by atoms with Gasteiger partial charge < -0.3 is 10.2 Å². The first-order valence-electron chi connectivity index (χ1n) is 9.01. The van der Waals surface area contributed by atoms with Crippen LogP contribution in [-0.4, -0.2) is 36.2 Å². The third-order valence-electron chi connectivity index (χ3n) is 4.83. The van der Waals surface area contributed by atoms with E-state index in [0.29, 0.717) is 19.6 Å². The molecule has 0 saturated carbocycles.